The molecule has 0 spiro atoms. The summed E-state index contributed by atoms with van der Waals surface area (Å²) >= 11 is 0.660. The van der Waals surface area contributed by atoms with Crippen LogP contribution in [0.1, 0.15) is 31.0 Å². The van der Waals surface area contributed by atoms with Crippen LogP contribution in [0, 0.1) is 6.92 Å². The Morgan fingerprint density at radius 1 is 1.33 bits per heavy atom. The van der Waals surface area contributed by atoms with Gasteiger partial charge in [0, 0.05) is 24.2 Å². The molecule has 1 fully saturated rings. The number of anilines is 2. The fourth-order valence-electron chi connectivity index (χ4n) is 3.29. The molecule has 0 aliphatic carbocycles. The summed E-state index contributed by atoms with van der Waals surface area (Å²) in [5.41, 5.74) is -2.79. The van der Waals surface area contributed by atoms with Crippen LogP contribution in [0.25, 0.3) is 0 Å². The second-order valence-corrected chi connectivity index (χ2v) is 8.30. The van der Waals surface area contributed by atoms with E-state index in [0.29, 0.717) is 35.9 Å². The fraction of sp³-hybridized carbons (Fsp3) is 0.526. The number of aryl methyl sites for hydroxylation is 1. The summed E-state index contributed by atoms with van der Waals surface area (Å²) in [7, 11) is 0. The van der Waals surface area contributed by atoms with Crippen LogP contribution in [-0.2, 0) is 15.1 Å². The van der Waals surface area contributed by atoms with Crippen LogP contribution in [0.5, 0.6) is 0 Å². The van der Waals surface area contributed by atoms with Crippen molar-refractivity contribution in [1.82, 2.24) is 9.97 Å². The number of carbonyl (C=O) groups is 1. The van der Waals surface area contributed by atoms with Crippen molar-refractivity contribution in [1.29, 1.82) is 0 Å². The maximum Gasteiger partial charge on any atom is 0.424 e. The topological polar surface area (TPSA) is 87.6 Å². The Morgan fingerprint density at radius 3 is 2.50 bits per heavy atom. The van der Waals surface area contributed by atoms with Gasteiger partial charge in [-0.2, -0.15) is 13.2 Å². The van der Waals surface area contributed by atoms with Gasteiger partial charge in [0.2, 0.25) is 11.5 Å². The number of alkyl halides is 3. The second-order valence-electron chi connectivity index (χ2n) is 7.44. The highest BCUT2D eigenvalue weighted by molar-refractivity contribution is 7.09. The number of hydrogen-bond donors (Lipinski definition) is 2. The zero-order valence-corrected chi connectivity index (χ0v) is 17.5. The number of aromatic nitrogens is 2. The number of rotatable bonds is 5. The van der Waals surface area contributed by atoms with Gasteiger partial charge < -0.3 is 20.1 Å². The number of nitrogens with one attached hydrogen (secondary N) is 1. The third kappa shape index (κ3) is 4.90. The number of aliphatic hydroxyl groups is 1. The van der Waals surface area contributed by atoms with Gasteiger partial charge in [-0.1, -0.05) is 0 Å². The average Bonchev–Trinajstić information content (AvgIpc) is 3.07. The summed E-state index contributed by atoms with van der Waals surface area (Å²) in [6.45, 7) is 6.76. The number of ether oxygens (including phenoxy) is 1. The third-order valence-electron chi connectivity index (χ3n) is 4.63. The van der Waals surface area contributed by atoms with Gasteiger partial charge in [0.05, 0.1) is 30.5 Å². The molecule has 3 unspecified atom stereocenters. The molecule has 7 nitrogen and oxygen atoms in total. The lowest BCUT2D eigenvalue weighted by Crippen LogP contribution is -2.45. The number of pyridine rings is 1. The highest BCUT2D eigenvalue weighted by Gasteiger charge is 2.58. The molecule has 2 aromatic heterocycles. The van der Waals surface area contributed by atoms with E-state index in [-0.39, 0.29) is 17.9 Å². The summed E-state index contributed by atoms with van der Waals surface area (Å²) in [5.74, 6) is -0.314. The summed E-state index contributed by atoms with van der Waals surface area (Å²) in [5, 5.41) is 13.5. The van der Waals surface area contributed by atoms with E-state index < -0.39 is 29.1 Å². The quantitative estimate of drug-likeness (QED) is 0.736. The number of halogens is 3. The number of amides is 1. The SMILES string of the molecule is Cc1csc(C(O)(CC(=O)Nc2ccc(N3CC(C)OC(C)C3)nc2)C(F)(F)F)n1. The Balaban J connectivity index is 1.69. The molecule has 1 aliphatic heterocycles. The number of nitrogens with zero attached hydrogens (tertiary/aromatic N) is 3. The third-order valence-corrected chi connectivity index (χ3v) is 5.74. The minimum absolute atomic E-state index is 0.0458. The number of hydrogen-bond acceptors (Lipinski definition) is 7. The van der Waals surface area contributed by atoms with Gasteiger partial charge >= 0.3 is 6.18 Å². The van der Waals surface area contributed by atoms with Crippen molar-refractivity contribution in [2.45, 2.75) is 51.2 Å². The van der Waals surface area contributed by atoms with Crippen molar-refractivity contribution in [3.63, 3.8) is 0 Å². The van der Waals surface area contributed by atoms with Crippen molar-refractivity contribution in [2.75, 3.05) is 23.3 Å². The molecule has 1 amide bonds. The molecule has 164 valence electrons. The van der Waals surface area contributed by atoms with Gasteiger partial charge in [0.15, 0.2) is 0 Å². The van der Waals surface area contributed by atoms with E-state index in [2.05, 4.69) is 15.3 Å². The van der Waals surface area contributed by atoms with Gasteiger partial charge in [-0.25, -0.2) is 9.97 Å². The second kappa shape index (κ2) is 8.48. The normalized spacial score (nSPS) is 21.9. The van der Waals surface area contributed by atoms with Crippen LogP contribution >= 0.6 is 11.3 Å². The monoisotopic (exact) mass is 444 g/mol. The summed E-state index contributed by atoms with van der Waals surface area (Å²) in [6, 6.07) is 3.24. The largest absolute Gasteiger partial charge is 0.424 e. The van der Waals surface area contributed by atoms with Crippen LogP contribution in [0.2, 0.25) is 0 Å². The van der Waals surface area contributed by atoms with E-state index in [0.717, 1.165) is 0 Å². The van der Waals surface area contributed by atoms with E-state index >= 15 is 0 Å². The first-order valence-corrected chi connectivity index (χ1v) is 10.2. The molecule has 30 heavy (non-hydrogen) atoms. The molecule has 0 aromatic carbocycles. The number of carbonyl (C=O) groups excluding carboxylic acids is 1. The van der Waals surface area contributed by atoms with Crippen molar-refractivity contribution >= 4 is 28.7 Å². The molecule has 3 atom stereocenters. The van der Waals surface area contributed by atoms with Gasteiger partial charge in [-0.3, -0.25) is 4.79 Å². The molecule has 0 radical (unpaired) electrons. The van der Waals surface area contributed by atoms with Crippen LogP contribution < -0.4 is 10.2 Å². The van der Waals surface area contributed by atoms with Crippen molar-refractivity contribution in [3.8, 4) is 0 Å². The molecule has 1 saturated heterocycles. The van der Waals surface area contributed by atoms with Gasteiger partial charge in [-0.05, 0) is 32.9 Å². The molecule has 11 heteroatoms. The molecule has 2 aromatic rings. The van der Waals surface area contributed by atoms with E-state index in [1.807, 2.05) is 18.7 Å². The highest BCUT2D eigenvalue weighted by atomic mass is 32.1. The minimum Gasteiger partial charge on any atom is -0.374 e. The first-order valence-electron chi connectivity index (χ1n) is 9.36. The lowest BCUT2D eigenvalue weighted by Gasteiger charge is -2.36. The molecule has 2 N–H and O–H groups in total. The van der Waals surface area contributed by atoms with E-state index in [9.17, 15) is 23.1 Å². The summed E-state index contributed by atoms with van der Waals surface area (Å²) in [4.78, 5) is 22.3. The van der Waals surface area contributed by atoms with Crippen molar-refractivity contribution in [2.24, 2.45) is 0 Å². The van der Waals surface area contributed by atoms with E-state index in [1.165, 1.54) is 18.5 Å². The molecule has 3 heterocycles. The predicted octanol–water partition coefficient (Wildman–Crippen LogP) is 3.24. The minimum atomic E-state index is -5.06. The van der Waals surface area contributed by atoms with Crippen LogP contribution in [0.3, 0.4) is 0 Å². The van der Waals surface area contributed by atoms with Crippen molar-refractivity contribution < 1.29 is 27.8 Å². The first kappa shape index (κ1) is 22.4. The Bertz CT molecular complexity index is 880. The lowest BCUT2D eigenvalue weighted by atomic mass is 9.99. The summed E-state index contributed by atoms with van der Waals surface area (Å²) in [6.07, 6.45) is -4.79. The molecule has 3 rings (SSSR count). The van der Waals surface area contributed by atoms with Gasteiger partial charge in [0.1, 0.15) is 10.8 Å². The molecule has 0 bridgehead atoms. The predicted molar refractivity (Wildman–Crippen MR) is 107 cm³/mol. The highest BCUT2D eigenvalue weighted by Crippen LogP contribution is 2.43. The van der Waals surface area contributed by atoms with Crippen LogP contribution in [0.15, 0.2) is 23.7 Å². The maximum absolute atomic E-state index is 13.5. The van der Waals surface area contributed by atoms with Crippen LogP contribution in [-0.4, -0.2) is 52.5 Å². The zero-order chi connectivity index (χ0) is 22.1. The Hall–Kier alpha value is -2.24. The van der Waals surface area contributed by atoms with E-state index in [1.54, 1.807) is 12.1 Å². The summed E-state index contributed by atoms with van der Waals surface area (Å²) < 4.78 is 46.3. The Labute approximate surface area is 175 Å². The fourth-order valence-corrected chi connectivity index (χ4v) is 4.21. The maximum atomic E-state index is 13.5. The van der Waals surface area contributed by atoms with Crippen LogP contribution in [0.4, 0.5) is 24.7 Å². The average molecular weight is 444 g/mol. The van der Waals surface area contributed by atoms with E-state index in [4.69, 9.17) is 4.74 Å². The molecule has 1 aliphatic rings. The van der Waals surface area contributed by atoms with Gasteiger partial charge in [0.25, 0.3) is 0 Å². The standard InChI is InChI=1S/C19H23F3N4O3S/c1-11-10-30-17(24-11)18(28,19(20,21)22)6-16(27)25-14-4-5-15(23-7-14)26-8-12(2)29-13(3)9-26/h4-5,7,10,12-13,28H,6,8-9H2,1-3H3,(H,25,27). The number of morpholine rings is 1. The first-order chi connectivity index (χ1) is 14.0. The zero-order valence-electron chi connectivity index (χ0n) is 16.7. The molecule has 0 saturated carbocycles. The lowest BCUT2D eigenvalue weighted by molar-refractivity contribution is -0.266. The number of thiazole rings is 1. The smallest absolute Gasteiger partial charge is 0.374 e. The molecular formula is C19H23F3N4O3S. The Morgan fingerprint density at radius 2 is 2.00 bits per heavy atom. The molecular weight excluding hydrogens is 421 g/mol. The van der Waals surface area contributed by atoms with Crippen molar-refractivity contribution in [3.05, 3.63) is 34.4 Å². The van der Waals surface area contributed by atoms with Gasteiger partial charge in [-0.15, -0.1) is 11.3 Å². The Kier molecular flexibility index (Phi) is 6.34.